The number of nitrogens with one attached hydrogen (secondary N) is 2. The fourth-order valence-corrected chi connectivity index (χ4v) is 3.61. The third-order valence-electron chi connectivity index (χ3n) is 5.16. The molecule has 9 heteroatoms. The van der Waals surface area contributed by atoms with Crippen LogP contribution in [0.15, 0.2) is 30.5 Å². The Labute approximate surface area is 162 Å². The van der Waals surface area contributed by atoms with Gasteiger partial charge in [-0.2, -0.15) is 0 Å². The van der Waals surface area contributed by atoms with Crippen LogP contribution in [0.2, 0.25) is 0 Å². The van der Waals surface area contributed by atoms with E-state index in [9.17, 15) is 4.79 Å². The number of aryl methyl sites for hydroxylation is 1. The first-order chi connectivity index (χ1) is 13.5. The summed E-state index contributed by atoms with van der Waals surface area (Å²) in [5.41, 5.74) is 13.0. The maximum Gasteiger partial charge on any atom is 0.271 e. The Hall–Kier alpha value is -3.20. The molecular weight excluding hydrogens is 356 g/mol. The van der Waals surface area contributed by atoms with Crippen LogP contribution >= 0.6 is 0 Å². The molecule has 1 aliphatic rings. The van der Waals surface area contributed by atoms with Crippen molar-refractivity contribution in [3.63, 3.8) is 0 Å². The second kappa shape index (κ2) is 7.43. The SMILES string of the molecule is Cn1ccc2ccc(Nc3cc(N[C@@H]4CCCC[C@@H]4N)nnc3C(N)=O)nc21. The number of hydrogen-bond acceptors (Lipinski definition) is 7. The summed E-state index contributed by atoms with van der Waals surface area (Å²) in [5.74, 6) is 0.482. The van der Waals surface area contributed by atoms with Crippen molar-refractivity contribution in [3.05, 3.63) is 36.2 Å². The highest BCUT2D eigenvalue weighted by Crippen LogP contribution is 2.25. The number of rotatable bonds is 5. The van der Waals surface area contributed by atoms with Crippen LogP contribution in [0.5, 0.6) is 0 Å². The predicted molar refractivity (Wildman–Crippen MR) is 108 cm³/mol. The van der Waals surface area contributed by atoms with Crippen molar-refractivity contribution in [2.24, 2.45) is 18.5 Å². The zero-order valence-electron chi connectivity index (χ0n) is 15.7. The summed E-state index contributed by atoms with van der Waals surface area (Å²) in [6.45, 7) is 0. The Kier molecular flexibility index (Phi) is 4.82. The minimum atomic E-state index is -0.657. The van der Waals surface area contributed by atoms with Crippen molar-refractivity contribution in [1.29, 1.82) is 0 Å². The molecule has 6 N–H and O–H groups in total. The van der Waals surface area contributed by atoms with Crippen LogP contribution < -0.4 is 22.1 Å². The lowest BCUT2D eigenvalue weighted by atomic mass is 9.91. The zero-order chi connectivity index (χ0) is 19.7. The van der Waals surface area contributed by atoms with Gasteiger partial charge in [0.2, 0.25) is 0 Å². The molecule has 1 aliphatic carbocycles. The molecule has 0 unspecified atom stereocenters. The summed E-state index contributed by atoms with van der Waals surface area (Å²) in [4.78, 5) is 16.4. The molecule has 2 atom stereocenters. The van der Waals surface area contributed by atoms with Gasteiger partial charge in [-0.05, 0) is 31.0 Å². The number of amides is 1. The van der Waals surface area contributed by atoms with Crippen molar-refractivity contribution in [3.8, 4) is 0 Å². The van der Waals surface area contributed by atoms with Gasteiger partial charge >= 0.3 is 0 Å². The molecule has 3 aromatic rings. The molecule has 9 nitrogen and oxygen atoms in total. The molecule has 1 amide bonds. The Balaban J connectivity index is 1.63. The molecule has 0 bridgehead atoms. The number of carbonyl (C=O) groups is 1. The van der Waals surface area contributed by atoms with E-state index in [4.69, 9.17) is 11.5 Å². The quantitative estimate of drug-likeness (QED) is 0.530. The molecule has 0 radical (unpaired) electrons. The molecule has 1 saturated carbocycles. The van der Waals surface area contributed by atoms with Crippen molar-refractivity contribution < 1.29 is 4.79 Å². The Morgan fingerprint density at radius 3 is 2.79 bits per heavy atom. The standard InChI is InChI=1S/C19H24N8O/c1-27-9-8-11-6-7-15(24-19(11)27)23-14-10-16(25-26-17(14)18(21)28)22-13-5-3-2-4-12(13)20/h6-10,12-13H,2-5,20H2,1H3,(H2,21,28)(H2,22,23,24,25)/t12-,13+/m0/s1. The molecule has 3 aromatic heterocycles. The van der Waals surface area contributed by atoms with E-state index in [1.54, 1.807) is 6.07 Å². The molecule has 146 valence electrons. The van der Waals surface area contributed by atoms with Crippen LogP contribution in [0.3, 0.4) is 0 Å². The maximum atomic E-state index is 11.8. The Bertz CT molecular complexity index is 1010. The third-order valence-corrected chi connectivity index (χ3v) is 5.16. The van der Waals surface area contributed by atoms with Gasteiger partial charge in [0, 0.05) is 36.8 Å². The summed E-state index contributed by atoms with van der Waals surface area (Å²) in [6.07, 6.45) is 6.18. The molecule has 0 spiro atoms. The van der Waals surface area contributed by atoms with Gasteiger partial charge in [-0.1, -0.05) is 12.8 Å². The number of carbonyl (C=O) groups excluding carboxylic acids is 1. The third kappa shape index (κ3) is 3.61. The first-order valence-corrected chi connectivity index (χ1v) is 9.40. The van der Waals surface area contributed by atoms with Gasteiger partial charge in [-0.25, -0.2) is 4.98 Å². The summed E-state index contributed by atoms with van der Waals surface area (Å²) < 4.78 is 1.93. The molecular formula is C19H24N8O. The van der Waals surface area contributed by atoms with Crippen molar-refractivity contribution >= 4 is 34.3 Å². The first-order valence-electron chi connectivity index (χ1n) is 9.40. The van der Waals surface area contributed by atoms with Gasteiger partial charge in [-0.3, -0.25) is 4.79 Å². The highest BCUT2D eigenvalue weighted by atomic mass is 16.1. The van der Waals surface area contributed by atoms with Crippen molar-refractivity contribution in [1.82, 2.24) is 19.7 Å². The van der Waals surface area contributed by atoms with Crippen LogP contribution in [0, 0.1) is 0 Å². The second-order valence-electron chi connectivity index (χ2n) is 7.22. The van der Waals surface area contributed by atoms with Gasteiger partial charge in [0.25, 0.3) is 5.91 Å². The van der Waals surface area contributed by atoms with Crippen LogP contribution in [0.4, 0.5) is 17.3 Å². The summed E-state index contributed by atoms with van der Waals surface area (Å²) in [6, 6.07) is 7.73. The van der Waals surface area contributed by atoms with Gasteiger partial charge in [-0.15, -0.1) is 10.2 Å². The number of nitrogens with zero attached hydrogens (tertiary/aromatic N) is 4. The van der Waals surface area contributed by atoms with Crippen LogP contribution in [-0.2, 0) is 7.05 Å². The summed E-state index contributed by atoms with van der Waals surface area (Å²) in [5, 5.41) is 15.6. The molecule has 0 saturated heterocycles. The van der Waals surface area contributed by atoms with Gasteiger partial charge < -0.3 is 26.7 Å². The highest BCUT2D eigenvalue weighted by Gasteiger charge is 2.23. The van der Waals surface area contributed by atoms with Gasteiger partial charge in [0.05, 0.1) is 5.69 Å². The fourth-order valence-electron chi connectivity index (χ4n) is 3.61. The van der Waals surface area contributed by atoms with E-state index < -0.39 is 5.91 Å². The minimum absolute atomic E-state index is 0.0623. The average molecular weight is 380 g/mol. The van der Waals surface area contributed by atoms with Gasteiger partial charge in [0.1, 0.15) is 11.5 Å². The van der Waals surface area contributed by atoms with Crippen LogP contribution in [-0.4, -0.2) is 37.7 Å². The van der Waals surface area contributed by atoms with E-state index in [1.807, 2.05) is 36.0 Å². The number of anilines is 3. The smallest absolute Gasteiger partial charge is 0.271 e. The molecule has 0 aliphatic heterocycles. The monoisotopic (exact) mass is 380 g/mol. The lowest BCUT2D eigenvalue weighted by Crippen LogP contribution is -2.42. The number of fused-ring (bicyclic) bond motifs is 1. The second-order valence-corrected chi connectivity index (χ2v) is 7.22. The average Bonchev–Trinajstić information content (AvgIpc) is 3.04. The molecule has 1 fully saturated rings. The number of hydrogen-bond donors (Lipinski definition) is 4. The van der Waals surface area contributed by atoms with E-state index in [0.29, 0.717) is 17.3 Å². The zero-order valence-corrected chi connectivity index (χ0v) is 15.7. The number of pyridine rings is 1. The van der Waals surface area contributed by atoms with Gasteiger partial charge in [0.15, 0.2) is 11.5 Å². The predicted octanol–water partition coefficient (Wildman–Crippen LogP) is 1.89. The van der Waals surface area contributed by atoms with E-state index >= 15 is 0 Å². The Morgan fingerprint density at radius 2 is 2.00 bits per heavy atom. The van der Waals surface area contributed by atoms with Crippen molar-refractivity contribution in [2.75, 3.05) is 10.6 Å². The maximum absolute atomic E-state index is 11.8. The number of nitrogens with two attached hydrogens (primary N) is 2. The largest absolute Gasteiger partial charge is 0.364 e. The Morgan fingerprint density at radius 1 is 1.18 bits per heavy atom. The first kappa shape index (κ1) is 18.2. The summed E-state index contributed by atoms with van der Waals surface area (Å²) >= 11 is 0. The normalized spacial score (nSPS) is 19.5. The molecule has 4 rings (SSSR count). The minimum Gasteiger partial charge on any atom is -0.364 e. The molecule has 28 heavy (non-hydrogen) atoms. The lowest BCUT2D eigenvalue weighted by molar-refractivity contribution is 0.0995. The number of primary amides is 1. The van der Waals surface area contributed by atoms with E-state index in [0.717, 1.165) is 36.7 Å². The fraction of sp³-hybridized carbons (Fsp3) is 0.368. The van der Waals surface area contributed by atoms with Crippen LogP contribution in [0.1, 0.15) is 36.2 Å². The van der Waals surface area contributed by atoms with Crippen LogP contribution in [0.25, 0.3) is 11.0 Å². The molecule has 0 aromatic carbocycles. The van der Waals surface area contributed by atoms with E-state index in [2.05, 4.69) is 25.8 Å². The molecule has 3 heterocycles. The van der Waals surface area contributed by atoms with E-state index in [1.165, 1.54) is 0 Å². The van der Waals surface area contributed by atoms with E-state index in [-0.39, 0.29) is 17.8 Å². The topological polar surface area (TPSA) is 137 Å². The highest BCUT2D eigenvalue weighted by molar-refractivity contribution is 5.97. The summed E-state index contributed by atoms with van der Waals surface area (Å²) in [7, 11) is 1.93. The van der Waals surface area contributed by atoms with Crippen molar-refractivity contribution in [2.45, 2.75) is 37.8 Å². The number of aromatic nitrogens is 4. The lowest BCUT2D eigenvalue weighted by Gasteiger charge is -2.29.